The molecule has 0 bridgehead atoms. The van der Waals surface area contributed by atoms with Gasteiger partial charge < -0.3 is 5.32 Å². The minimum Gasteiger partial charge on any atom is -0.321 e. The predicted molar refractivity (Wildman–Crippen MR) is 81.8 cm³/mol. The highest BCUT2D eigenvalue weighted by Gasteiger charge is 2.12. The molecule has 0 unspecified atom stereocenters. The van der Waals surface area contributed by atoms with Crippen molar-refractivity contribution in [3.05, 3.63) is 47.9 Å². The van der Waals surface area contributed by atoms with Crippen molar-refractivity contribution in [2.45, 2.75) is 0 Å². The van der Waals surface area contributed by atoms with Crippen molar-refractivity contribution in [2.75, 3.05) is 5.32 Å². The van der Waals surface area contributed by atoms with Gasteiger partial charge in [0.05, 0.1) is 8.66 Å². The number of nitrogens with one attached hydrogen (secondary N) is 1. The van der Waals surface area contributed by atoms with E-state index in [1.165, 1.54) is 11.3 Å². The van der Waals surface area contributed by atoms with Gasteiger partial charge >= 0.3 is 0 Å². The van der Waals surface area contributed by atoms with Crippen LogP contribution in [0.15, 0.2) is 43.1 Å². The molecule has 88 valence electrons. The van der Waals surface area contributed by atoms with E-state index in [9.17, 15) is 4.79 Å². The van der Waals surface area contributed by atoms with E-state index < -0.39 is 0 Å². The van der Waals surface area contributed by atoms with Gasteiger partial charge in [0.25, 0.3) is 5.91 Å². The predicted octanol–water partition coefficient (Wildman–Crippen LogP) is 5.29. The summed E-state index contributed by atoms with van der Waals surface area (Å²) in [6.45, 7) is 0. The maximum atomic E-state index is 11.9. The molecule has 2 nitrogen and oxygen atoms in total. The Labute approximate surface area is 128 Å². The minimum absolute atomic E-state index is 0.112. The highest BCUT2D eigenvalue weighted by atomic mass is 79.9. The Bertz CT molecular complexity index is 548. The Morgan fingerprint density at radius 3 is 2.53 bits per heavy atom. The Kier molecular flexibility index (Phi) is 4.41. The zero-order chi connectivity index (χ0) is 12.4. The molecule has 0 saturated heterocycles. The van der Waals surface area contributed by atoms with E-state index in [2.05, 4.69) is 53.1 Å². The molecule has 1 amide bonds. The normalized spacial score (nSPS) is 10.3. The first-order valence-corrected chi connectivity index (χ1v) is 7.77. The average molecular weight is 440 g/mol. The van der Waals surface area contributed by atoms with Crippen LogP contribution >= 0.6 is 59.1 Å². The summed E-state index contributed by atoms with van der Waals surface area (Å²) < 4.78 is 2.74. The molecule has 0 radical (unpaired) electrons. The summed E-state index contributed by atoms with van der Waals surface area (Å²) in [6, 6.07) is 9.28. The summed E-state index contributed by atoms with van der Waals surface area (Å²) in [5.74, 6) is -0.112. The number of carbonyl (C=O) groups excluding carboxylic acids is 1. The maximum absolute atomic E-state index is 11.9. The van der Waals surface area contributed by atoms with E-state index in [4.69, 9.17) is 0 Å². The molecule has 0 saturated carbocycles. The van der Waals surface area contributed by atoms with E-state index in [1.54, 1.807) is 6.07 Å². The number of hydrogen-bond donors (Lipinski definition) is 1. The van der Waals surface area contributed by atoms with E-state index in [0.717, 1.165) is 18.4 Å². The van der Waals surface area contributed by atoms with E-state index in [1.807, 2.05) is 24.3 Å². The van der Waals surface area contributed by atoms with Crippen LogP contribution in [0.25, 0.3) is 0 Å². The fourth-order valence-electron chi connectivity index (χ4n) is 1.22. The molecule has 0 aliphatic rings. The molecule has 1 N–H and O–H groups in total. The number of carbonyl (C=O) groups is 1. The lowest BCUT2D eigenvalue weighted by Gasteiger charge is -2.03. The number of hydrogen-bond acceptors (Lipinski definition) is 2. The van der Waals surface area contributed by atoms with Gasteiger partial charge in [0.1, 0.15) is 0 Å². The zero-order valence-corrected chi connectivity index (χ0v) is 13.9. The number of thiophene rings is 1. The van der Waals surface area contributed by atoms with Crippen molar-refractivity contribution in [2.24, 2.45) is 0 Å². The number of rotatable bonds is 2. The lowest BCUT2D eigenvalue weighted by atomic mass is 10.3. The van der Waals surface area contributed by atoms with Crippen molar-refractivity contribution in [3.63, 3.8) is 0 Å². The molecule has 2 rings (SSSR count). The van der Waals surface area contributed by atoms with Gasteiger partial charge in [-0.05, 0) is 56.1 Å². The second-order valence-electron chi connectivity index (χ2n) is 3.20. The van der Waals surface area contributed by atoms with Gasteiger partial charge in [-0.3, -0.25) is 4.79 Å². The molecule has 0 aliphatic heterocycles. The van der Waals surface area contributed by atoms with Crippen molar-refractivity contribution >= 4 is 70.7 Å². The van der Waals surface area contributed by atoms with Gasteiger partial charge in [-0.15, -0.1) is 11.3 Å². The molecule has 6 heteroatoms. The molecule has 1 aromatic carbocycles. The summed E-state index contributed by atoms with van der Waals surface area (Å²) in [5, 5.41) is 2.84. The van der Waals surface area contributed by atoms with Crippen LogP contribution in [-0.2, 0) is 0 Å². The highest BCUT2D eigenvalue weighted by Crippen LogP contribution is 2.32. The molecule has 0 spiro atoms. The molecular weight excluding hydrogens is 434 g/mol. The molecule has 2 aromatic rings. The molecule has 0 aliphatic carbocycles. The number of amides is 1. The first-order valence-electron chi connectivity index (χ1n) is 4.58. The van der Waals surface area contributed by atoms with Gasteiger partial charge in [0.2, 0.25) is 0 Å². The monoisotopic (exact) mass is 437 g/mol. The summed E-state index contributed by atoms with van der Waals surface area (Å²) in [5.41, 5.74) is 0.769. The molecule has 17 heavy (non-hydrogen) atoms. The van der Waals surface area contributed by atoms with Crippen molar-refractivity contribution in [1.29, 1.82) is 0 Å². The topological polar surface area (TPSA) is 29.1 Å². The van der Waals surface area contributed by atoms with Crippen LogP contribution in [0.5, 0.6) is 0 Å². The van der Waals surface area contributed by atoms with Crippen LogP contribution in [0.3, 0.4) is 0 Å². The SMILES string of the molecule is O=C(Nc1cccc(Br)c1)c1cc(Br)c(Br)s1. The van der Waals surface area contributed by atoms with Crippen LogP contribution in [0.1, 0.15) is 9.67 Å². The van der Waals surface area contributed by atoms with Gasteiger partial charge in [-0.1, -0.05) is 22.0 Å². The Hall–Kier alpha value is -0.170. The molecule has 1 aromatic heterocycles. The molecular formula is C11H6Br3NOS. The highest BCUT2D eigenvalue weighted by molar-refractivity contribution is 9.13. The summed E-state index contributed by atoms with van der Waals surface area (Å²) >= 11 is 11.5. The zero-order valence-electron chi connectivity index (χ0n) is 8.34. The average Bonchev–Trinajstić information content (AvgIpc) is 2.59. The summed E-state index contributed by atoms with van der Waals surface area (Å²) in [4.78, 5) is 12.6. The lowest BCUT2D eigenvalue weighted by molar-refractivity contribution is 0.103. The first kappa shape index (κ1) is 13.3. The number of benzene rings is 1. The minimum atomic E-state index is -0.112. The van der Waals surface area contributed by atoms with Gasteiger partial charge in [0.15, 0.2) is 0 Å². The standard InChI is InChI=1S/C11H6Br3NOS/c12-6-2-1-3-7(4-6)15-11(16)9-5-8(13)10(14)17-9/h1-5H,(H,15,16). The van der Waals surface area contributed by atoms with E-state index in [-0.39, 0.29) is 5.91 Å². The smallest absolute Gasteiger partial charge is 0.265 e. The van der Waals surface area contributed by atoms with Gasteiger partial charge in [-0.25, -0.2) is 0 Å². The van der Waals surface area contributed by atoms with Gasteiger partial charge in [-0.2, -0.15) is 0 Å². The van der Waals surface area contributed by atoms with Crippen LogP contribution in [0, 0.1) is 0 Å². The fraction of sp³-hybridized carbons (Fsp3) is 0. The second kappa shape index (κ2) is 5.65. The summed E-state index contributed by atoms with van der Waals surface area (Å²) in [7, 11) is 0. The third-order valence-electron chi connectivity index (χ3n) is 1.95. The van der Waals surface area contributed by atoms with Crippen molar-refractivity contribution in [3.8, 4) is 0 Å². The van der Waals surface area contributed by atoms with Gasteiger partial charge in [0, 0.05) is 14.6 Å². The Balaban J connectivity index is 2.17. The fourth-order valence-corrected chi connectivity index (χ4v) is 3.55. The van der Waals surface area contributed by atoms with Crippen molar-refractivity contribution in [1.82, 2.24) is 0 Å². The van der Waals surface area contributed by atoms with Crippen LogP contribution in [0.2, 0.25) is 0 Å². The second-order valence-corrected chi connectivity index (χ2v) is 7.34. The maximum Gasteiger partial charge on any atom is 0.265 e. The number of anilines is 1. The van der Waals surface area contributed by atoms with E-state index >= 15 is 0 Å². The third kappa shape index (κ3) is 3.40. The first-order chi connectivity index (χ1) is 8.06. The van der Waals surface area contributed by atoms with Crippen LogP contribution in [-0.4, -0.2) is 5.91 Å². The quantitative estimate of drug-likeness (QED) is 0.677. The Morgan fingerprint density at radius 2 is 1.94 bits per heavy atom. The van der Waals surface area contributed by atoms with Crippen LogP contribution in [0.4, 0.5) is 5.69 Å². The molecule has 1 heterocycles. The lowest BCUT2D eigenvalue weighted by Crippen LogP contribution is -2.09. The Morgan fingerprint density at radius 1 is 1.18 bits per heavy atom. The molecule has 0 fully saturated rings. The largest absolute Gasteiger partial charge is 0.321 e. The summed E-state index contributed by atoms with van der Waals surface area (Å²) in [6.07, 6.45) is 0. The van der Waals surface area contributed by atoms with E-state index in [0.29, 0.717) is 4.88 Å². The van der Waals surface area contributed by atoms with Crippen molar-refractivity contribution < 1.29 is 4.79 Å². The third-order valence-corrected chi connectivity index (χ3v) is 5.70. The number of halogens is 3. The van der Waals surface area contributed by atoms with Crippen LogP contribution < -0.4 is 5.32 Å². The molecule has 0 atom stereocenters.